The molecule has 2 aliphatic heterocycles. The van der Waals surface area contributed by atoms with E-state index in [1.54, 1.807) is 64.2 Å². The number of fused-ring (bicyclic) bond motifs is 1. The fourth-order valence-electron chi connectivity index (χ4n) is 4.32. The first-order valence-electron chi connectivity index (χ1n) is 12.3. The smallest absolute Gasteiger partial charge is 0.414 e. The summed E-state index contributed by atoms with van der Waals surface area (Å²) in [5.41, 5.74) is 2.48. The van der Waals surface area contributed by atoms with Crippen LogP contribution in [0.1, 0.15) is 55.1 Å². The number of urea groups is 1. The zero-order valence-corrected chi connectivity index (χ0v) is 21.8. The van der Waals surface area contributed by atoms with Crippen LogP contribution in [0.15, 0.2) is 42.5 Å². The Kier molecular flexibility index (Phi) is 7.38. The van der Waals surface area contributed by atoms with Gasteiger partial charge >= 0.3 is 12.1 Å². The van der Waals surface area contributed by atoms with Crippen LogP contribution >= 0.6 is 0 Å². The van der Waals surface area contributed by atoms with Crippen molar-refractivity contribution in [3.8, 4) is 0 Å². The van der Waals surface area contributed by atoms with Gasteiger partial charge in [0.2, 0.25) is 11.8 Å². The molecule has 0 spiro atoms. The maximum Gasteiger partial charge on any atom is 0.414 e. The average molecular weight is 522 g/mol. The number of ether oxygens (including phenoxy) is 1. The van der Waals surface area contributed by atoms with E-state index in [0.29, 0.717) is 23.4 Å². The van der Waals surface area contributed by atoms with Crippen LogP contribution in [0.5, 0.6) is 0 Å². The molecule has 6 amide bonds. The number of carbonyl (C=O) groups is 5. The molecule has 3 N–H and O–H groups in total. The number of carbonyl (C=O) groups excluding carboxylic acids is 5. The van der Waals surface area contributed by atoms with Crippen molar-refractivity contribution in [3.63, 3.8) is 0 Å². The monoisotopic (exact) mass is 521 g/mol. The normalized spacial score (nSPS) is 17.0. The quantitative estimate of drug-likeness (QED) is 0.517. The highest BCUT2D eigenvalue weighted by atomic mass is 16.6. The summed E-state index contributed by atoms with van der Waals surface area (Å²) in [4.78, 5) is 64.2. The van der Waals surface area contributed by atoms with Crippen LogP contribution in [-0.2, 0) is 27.4 Å². The molecule has 2 aromatic rings. The lowest BCUT2D eigenvalue weighted by Gasteiger charge is -2.29. The third-order valence-electron chi connectivity index (χ3n) is 6.20. The van der Waals surface area contributed by atoms with Crippen molar-refractivity contribution < 1.29 is 28.7 Å². The van der Waals surface area contributed by atoms with Gasteiger partial charge in [-0.1, -0.05) is 18.2 Å². The summed E-state index contributed by atoms with van der Waals surface area (Å²) >= 11 is 0. The molecule has 200 valence electrons. The molecule has 0 aliphatic carbocycles. The zero-order chi connectivity index (χ0) is 27.6. The first-order chi connectivity index (χ1) is 17.9. The zero-order valence-electron chi connectivity index (χ0n) is 21.8. The minimum absolute atomic E-state index is 0.195. The Hall–Kier alpha value is -4.41. The first kappa shape index (κ1) is 26.6. The van der Waals surface area contributed by atoms with Gasteiger partial charge in [0.1, 0.15) is 11.6 Å². The SMILES string of the molecule is CN(C(=O)OC(C)(C)C)c1cccc(NC(=O)NCc2ccc3c(c2)CN(C2CCC(=O)NC2=O)C3=O)c1. The lowest BCUT2D eigenvalue weighted by molar-refractivity contribution is -0.136. The van der Waals surface area contributed by atoms with Gasteiger partial charge in [0, 0.05) is 43.5 Å². The molecule has 0 aromatic heterocycles. The van der Waals surface area contributed by atoms with Crippen molar-refractivity contribution in [2.45, 2.75) is 58.3 Å². The van der Waals surface area contributed by atoms with E-state index in [9.17, 15) is 24.0 Å². The van der Waals surface area contributed by atoms with E-state index < -0.39 is 29.7 Å². The fourth-order valence-corrected chi connectivity index (χ4v) is 4.32. The van der Waals surface area contributed by atoms with E-state index in [2.05, 4.69) is 16.0 Å². The van der Waals surface area contributed by atoms with Crippen LogP contribution in [0.3, 0.4) is 0 Å². The second kappa shape index (κ2) is 10.5. The van der Waals surface area contributed by atoms with Crippen LogP contribution < -0.4 is 20.9 Å². The van der Waals surface area contributed by atoms with Gasteiger partial charge in [-0.3, -0.25) is 24.6 Å². The average Bonchev–Trinajstić information content (AvgIpc) is 3.16. The number of nitrogens with one attached hydrogen (secondary N) is 3. The Bertz CT molecular complexity index is 1300. The standard InChI is InChI=1S/C27H31N5O6/c1-27(2,3)38-26(37)31(4)19-7-5-6-18(13-19)29-25(36)28-14-16-8-9-20-17(12-16)15-32(24(20)35)21-10-11-22(33)30-23(21)34/h5-9,12-13,21H,10-11,14-15H2,1-4H3,(H2,28,29,36)(H,30,33,34). The van der Waals surface area contributed by atoms with Gasteiger partial charge in [0.05, 0.1) is 0 Å². The predicted molar refractivity (Wildman–Crippen MR) is 139 cm³/mol. The molecule has 2 heterocycles. The Morgan fingerprint density at radius 1 is 1.13 bits per heavy atom. The molecule has 38 heavy (non-hydrogen) atoms. The summed E-state index contributed by atoms with van der Waals surface area (Å²) < 4.78 is 5.38. The van der Waals surface area contributed by atoms with Crippen molar-refractivity contribution in [3.05, 3.63) is 59.2 Å². The second-order valence-electron chi connectivity index (χ2n) is 10.3. The van der Waals surface area contributed by atoms with Gasteiger partial charge in [-0.2, -0.15) is 0 Å². The number of piperidine rings is 1. The molecule has 11 nitrogen and oxygen atoms in total. The van der Waals surface area contributed by atoms with Crippen LogP contribution in [0.2, 0.25) is 0 Å². The van der Waals surface area contributed by atoms with Crippen molar-refractivity contribution in [2.75, 3.05) is 17.3 Å². The predicted octanol–water partition coefficient (Wildman–Crippen LogP) is 3.14. The van der Waals surface area contributed by atoms with Crippen molar-refractivity contribution in [1.29, 1.82) is 0 Å². The minimum atomic E-state index is -0.676. The number of anilines is 2. The molecule has 1 unspecified atom stereocenters. The van der Waals surface area contributed by atoms with Gasteiger partial charge in [-0.15, -0.1) is 0 Å². The molecule has 1 atom stereocenters. The van der Waals surface area contributed by atoms with Crippen LogP contribution in [0, 0.1) is 0 Å². The third kappa shape index (κ3) is 6.10. The van der Waals surface area contributed by atoms with E-state index in [4.69, 9.17) is 4.74 Å². The summed E-state index contributed by atoms with van der Waals surface area (Å²) in [6, 6.07) is 11.0. The van der Waals surface area contributed by atoms with Gasteiger partial charge in [-0.05, 0) is 62.6 Å². The lowest BCUT2D eigenvalue weighted by Crippen LogP contribution is -2.52. The third-order valence-corrected chi connectivity index (χ3v) is 6.20. The van der Waals surface area contributed by atoms with E-state index in [-0.39, 0.29) is 31.3 Å². The summed E-state index contributed by atoms with van der Waals surface area (Å²) in [5, 5.41) is 7.82. The summed E-state index contributed by atoms with van der Waals surface area (Å²) in [5.74, 6) is -1.03. The molecular formula is C27H31N5O6. The number of hydrogen-bond donors (Lipinski definition) is 3. The fraction of sp³-hybridized carbons (Fsp3) is 0.370. The second-order valence-corrected chi connectivity index (χ2v) is 10.3. The van der Waals surface area contributed by atoms with E-state index in [1.807, 2.05) is 6.07 Å². The molecule has 2 aliphatic rings. The molecule has 0 radical (unpaired) electrons. The van der Waals surface area contributed by atoms with Crippen LogP contribution in [0.25, 0.3) is 0 Å². The Balaban J connectivity index is 1.34. The number of hydrogen-bond acceptors (Lipinski definition) is 6. The van der Waals surface area contributed by atoms with Gasteiger partial charge < -0.3 is 20.3 Å². The van der Waals surface area contributed by atoms with Gasteiger partial charge in [-0.25, -0.2) is 9.59 Å². The van der Waals surface area contributed by atoms with Gasteiger partial charge in [0.25, 0.3) is 5.91 Å². The largest absolute Gasteiger partial charge is 0.443 e. The number of amides is 6. The maximum absolute atomic E-state index is 12.8. The van der Waals surface area contributed by atoms with Crippen LogP contribution in [-0.4, -0.2) is 53.4 Å². The Morgan fingerprint density at radius 3 is 2.61 bits per heavy atom. The minimum Gasteiger partial charge on any atom is -0.443 e. The summed E-state index contributed by atoms with van der Waals surface area (Å²) in [7, 11) is 1.59. The molecule has 2 aromatic carbocycles. The molecule has 1 fully saturated rings. The molecular weight excluding hydrogens is 490 g/mol. The summed E-state index contributed by atoms with van der Waals surface area (Å²) in [6.07, 6.45) is -0.0141. The molecule has 0 saturated carbocycles. The number of rotatable bonds is 5. The molecule has 4 rings (SSSR count). The van der Waals surface area contributed by atoms with Crippen molar-refractivity contribution >= 4 is 41.2 Å². The summed E-state index contributed by atoms with van der Waals surface area (Å²) in [6.45, 7) is 5.83. The van der Waals surface area contributed by atoms with Gasteiger partial charge in [0.15, 0.2) is 0 Å². The van der Waals surface area contributed by atoms with Crippen molar-refractivity contribution in [2.24, 2.45) is 0 Å². The highest BCUT2D eigenvalue weighted by molar-refractivity contribution is 6.05. The molecule has 0 bridgehead atoms. The molecule has 1 saturated heterocycles. The highest BCUT2D eigenvalue weighted by Gasteiger charge is 2.39. The number of benzene rings is 2. The molecule has 11 heteroatoms. The maximum atomic E-state index is 12.8. The van der Waals surface area contributed by atoms with Crippen LogP contribution in [0.4, 0.5) is 21.0 Å². The van der Waals surface area contributed by atoms with E-state index in [0.717, 1.165) is 11.1 Å². The van der Waals surface area contributed by atoms with Crippen molar-refractivity contribution in [1.82, 2.24) is 15.5 Å². The Morgan fingerprint density at radius 2 is 1.89 bits per heavy atom. The topological polar surface area (TPSA) is 137 Å². The lowest BCUT2D eigenvalue weighted by atomic mass is 10.0. The number of imide groups is 1. The highest BCUT2D eigenvalue weighted by Crippen LogP contribution is 2.28. The first-order valence-corrected chi connectivity index (χ1v) is 12.3. The van der Waals surface area contributed by atoms with E-state index in [1.165, 1.54) is 9.80 Å². The number of nitrogens with zero attached hydrogens (tertiary/aromatic N) is 2. The van der Waals surface area contributed by atoms with E-state index >= 15 is 0 Å². The Labute approximate surface area is 220 Å².